The van der Waals surface area contributed by atoms with Crippen LogP contribution < -0.4 is 0 Å². The van der Waals surface area contributed by atoms with Gasteiger partial charge in [0.2, 0.25) is 10.0 Å². The third-order valence-electron chi connectivity index (χ3n) is 6.17. The van der Waals surface area contributed by atoms with E-state index in [9.17, 15) is 8.42 Å². The van der Waals surface area contributed by atoms with Gasteiger partial charge in [0.25, 0.3) is 0 Å². The van der Waals surface area contributed by atoms with Gasteiger partial charge in [0.1, 0.15) is 4.90 Å². The summed E-state index contributed by atoms with van der Waals surface area (Å²) in [4.78, 5) is 6.90. The number of para-hydroxylation sites is 1. The third-order valence-corrected chi connectivity index (χ3v) is 8.10. The van der Waals surface area contributed by atoms with Crippen molar-refractivity contribution in [2.24, 2.45) is 0 Å². The van der Waals surface area contributed by atoms with E-state index in [-0.39, 0.29) is 10.9 Å². The molecule has 0 saturated carbocycles. The summed E-state index contributed by atoms with van der Waals surface area (Å²) in [5.41, 5.74) is 2.49. The zero-order chi connectivity index (χ0) is 22.0. The van der Waals surface area contributed by atoms with E-state index in [2.05, 4.69) is 9.88 Å². The minimum Gasteiger partial charge on any atom is -0.379 e. The molecule has 1 saturated heterocycles. The van der Waals surface area contributed by atoms with Crippen molar-refractivity contribution in [3.05, 3.63) is 71.9 Å². The zero-order valence-electron chi connectivity index (χ0n) is 17.9. The summed E-state index contributed by atoms with van der Waals surface area (Å²) in [6, 6.07) is 16.6. The first kappa shape index (κ1) is 21.5. The molecule has 0 spiro atoms. The van der Waals surface area contributed by atoms with Gasteiger partial charge in [-0.25, -0.2) is 8.42 Å². The average molecular weight is 454 g/mol. The van der Waals surface area contributed by atoms with Crippen LogP contribution in [0, 0.1) is 0 Å². The normalized spacial score (nSPS) is 21.1. The zero-order valence-corrected chi connectivity index (χ0v) is 18.7. The number of sulfonamides is 1. The number of benzene rings is 2. The summed E-state index contributed by atoms with van der Waals surface area (Å²) < 4.78 is 41.3. The largest absolute Gasteiger partial charge is 0.379 e. The van der Waals surface area contributed by atoms with Crippen molar-refractivity contribution in [3.63, 3.8) is 0 Å². The van der Waals surface area contributed by atoms with Gasteiger partial charge in [0.15, 0.2) is 0 Å². The van der Waals surface area contributed by atoms with Crippen LogP contribution in [0.25, 0.3) is 10.9 Å². The predicted molar refractivity (Wildman–Crippen MR) is 122 cm³/mol. The second kappa shape index (κ2) is 9.25. The SMILES string of the molecule is O=S(=O)(c1cccc2cccnc12)N1Cc2ccccc2COC[C@H]1CN1CCOCC1. The van der Waals surface area contributed by atoms with Gasteiger partial charge in [-0.2, -0.15) is 4.31 Å². The maximum Gasteiger partial charge on any atom is 0.245 e. The first-order valence-corrected chi connectivity index (χ1v) is 12.4. The third kappa shape index (κ3) is 4.29. The van der Waals surface area contributed by atoms with Crippen molar-refractivity contribution in [3.8, 4) is 0 Å². The van der Waals surface area contributed by atoms with Crippen LogP contribution in [0.4, 0.5) is 0 Å². The summed E-state index contributed by atoms with van der Waals surface area (Å²) >= 11 is 0. The van der Waals surface area contributed by atoms with Crippen LogP contribution in [0.15, 0.2) is 65.7 Å². The Morgan fingerprint density at radius 2 is 1.72 bits per heavy atom. The van der Waals surface area contributed by atoms with Crippen molar-refractivity contribution in [1.29, 1.82) is 0 Å². The molecule has 2 aliphatic heterocycles. The van der Waals surface area contributed by atoms with Crippen molar-refractivity contribution >= 4 is 20.9 Å². The lowest BCUT2D eigenvalue weighted by atomic mass is 10.1. The number of pyridine rings is 1. The second-order valence-corrected chi connectivity index (χ2v) is 10.1. The molecule has 1 atom stereocenters. The molecular formula is C24H27N3O4S. The number of ether oxygens (including phenoxy) is 2. The van der Waals surface area contributed by atoms with Gasteiger partial charge >= 0.3 is 0 Å². The van der Waals surface area contributed by atoms with Crippen LogP contribution in [0.1, 0.15) is 11.1 Å². The number of hydrogen-bond acceptors (Lipinski definition) is 6. The summed E-state index contributed by atoms with van der Waals surface area (Å²) in [5, 5.41) is 0.807. The van der Waals surface area contributed by atoms with E-state index in [4.69, 9.17) is 9.47 Å². The monoisotopic (exact) mass is 453 g/mol. The van der Waals surface area contributed by atoms with Gasteiger partial charge in [-0.3, -0.25) is 9.88 Å². The van der Waals surface area contributed by atoms with Crippen molar-refractivity contribution in [1.82, 2.24) is 14.2 Å². The molecule has 2 aromatic carbocycles. The molecule has 0 unspecified atom stereocenters. The molecule has 1 aromatic heterocycles. The Bertz CT molecular complexity index is 1190. The first-order chi connectivity index (χ1) is 15.6. The van der Waals surface area contributed by atoms with Crippen molar-refractivity contribution in [2.75, 3.05) is 39.5 Å². The summed E-state index contributed by atoms with van der Waals surface area (Å²) in [6.45, 7) is 4.63. The van der Waals surface area contributed by atoms with Gasteiger partial charge < -0.3 is 9.47 Å². The van der Waals surface area contributed by atoms with E-state index in [0.717, 1.165) is 29.6 Å². The molecule has 7 nitrogen and oxygen atoms in total. The van der Waals surface area contributed by atoms with Crippen molar-refractivity contribution < 1.29 is 17.9 Å². The molecule has 3 aromatic rings. The van der Waals surface area contributed by atoms with Gasteiger partial charge in [-0.15, -0.1) is 0 Å². The van der Waals surface area contributed by atoms with Crippen LogP contribution >= 0.6 is 0 Å². The molecule has 0 aliphatic carbocycles. The lowest BCUT2D eigenvalue weighted by molar-refractivity contribution is 0.00899. The molecule has 8 heteroatoms. The molecule has 0 radical (unpaired) electrons. The molecule has 0 bridgehead atoms. The number of fused-ring (bicyclic) bond motifs is 2. The first-order valence-electron chi connectivity index (χ1n) is 10.9. The minimum absolute atomic E-state index is 0.237. The Morgan fingerprint density at radius 3 is 2.56 bits per heavy atom. The quantitative estimate of drug-likeness (QED) is 0.605. The molecule has 32 heavy (non-hydrogen) atoms. The van der Waals surface area contributed by atoms with Crippen LogP contribution in [0.3, 0.4) is 0 Å². The molecule has 5 rings (SSSR count). The smallest absolute Gasteiger partial charge is 0.245 e. The van der Waals surface area contributed by atoms with Crippen molar-refractivity contribution in [2.45, 2.75) is 24.1 Å². The Morgan fingerprint density at radius 1 is 0.938 bits per heavy atom. The number of nitrogens with zero attached hydrogens (tertiary/aromatic N) is 3. The number of aromatic nitrogens is 1. The van der Waals surface area contributed by atoms with Gasteiger partial charge in [0.05, 0.1) is 38.0 Å². The number of rotatable bonds is 4. The second-order valence-electron chi connectivity index (χ2n) is 8.23. The fraction of sp³-hybridized carbons (Fsp3) is 0.375. The molecule has 0 N–H and O–H groups in total. The highest BCUT2D eigenvalue weighted by molar-refractivity contribution is 7.89. The Labute approximate surface area is 188 Å². The van der Waals surface area contributed by atoms with Gasteiger partial charge in [-0.1, -0.05) is 42.5 Å². The van der Waals surface area contributed by atoms with Gasteiger partial charge in [-0.05, 0) is 23.3 Å². The number of hydrogen-bond donors (Lipinski definition) is 0. The Kier molecular flexibility index (Phi) is 6.21. The van der Waals surface area contributed by atoms with Crippen LogP contribution in [-0.2, 0) is 32.6 Å². The topological polar surface area (TPSA) is 72.0 Å². The van der Waals surface area contributed by atoms with Crippen LogP contribution in [0.2, 0.25) is 0 Å². The average Bonchev–Trinajstić information content (AvgIpc) is 2.81. The van der Waals surface area contributed by atoms with Crippen LogP contribution in [-0.4, -0.2) is 68.1 Å². The molecule has 1 fully saturated rings. The van der Waals surface area contributed by atoms with E-state index in [0.29, 0.717) is 45.0 Å². The van der Waals surface area contributed by atoms with E-state index < -0.39 is 10.0 Å². The van der Waals surface area contributed by atoms with E-state index >= 15 is 0 Å². The highest BCUT2D eigenvalue weighted by atomic mass is 32.2. The standard InChI is InChI=1S/C24H27N3O4S/c28-32(29,23-9-3-7-19-8-4-10-25-24(19)23)27-15-20-5-1-2-6-21(20)17-31-18-22(27)16-26-11-13-30-14-12-26/h1-10,22H,11-18H2/t22-/m1/s1. The van der Waals surface area contributed by atoms with E-state index in [1.54, 1.807) is 22.6 Å². The highest BCUT2D eigenvalue weighted by Gasteiger charge is 2.36. The molecule has 2 aliphatic rings. The Balaban J connectivity index is 1.58. The molecular weight excluding hydrogens is 426 g/mol. The fourth-order valence-corrected chi connectivity index (χ4v) is 6.20. The maximum absolute atomic E-state index is 14.1. The Hall–Kier alpha value is -2.36. The molecule has 168 valence electrons. The molecule has 3 heterocycles. The van der Waals surface area contributed by atoms with Crippen LogP contribution in [0.5, 0.6) is 0 Å². The lowest BCUT2D eigenvalue weighted by Crippen LogP contribution is -2.51. The summed E-state index contributed by atoms with van der Waals surface area (Å²) in [5.74, 6) is 0. The number of morpholine rings is 1. The highest BCUT2D eigenvalue weighted by Crippen LogP contribution is 2.29. The maximum atomic E-state index is 14.1. The minimum atomic E-state index is -3.84. The summed E-state index contributed by atoms with van der Waals surface area (Å²) in [6.07, 6.45) is 1.64. The predicted octanol–water partition coefficient (Wildman–Crippen LogP) is 2.66. The van der Waals surface area contributed by atoms with Gasteiger partial charge in [0, 0.05) is 37.8 Å². The van der Waals surface area contributed by atoms with E-state index in [1.807, 2.05) is 42.5 Å². The summed E-state index contributed by atoms with van der Waals surface area (Å²) in [7, 11) is -3.84. The van der Waals surface area contributed by atoms with E-state index in [1.165, 1.54) is 0 Å². The molecule has 0 amide bonds. The fourth-order valence-electron chi connectivity index (χ4n) is 4.46. The lowest BCUT2D eigenvalue weighted by Gasteiger charge is -2.37.